The first-order valence-corrected chi connectivity index (χ1v) is 12.4. The molecule has 0 heterocycles. The van der Waals surface area contributed by atoms with E-state index in [-0.39, 0.29) is 82.4 Å². The molecule has 0 saturated heterocycles. The predicted octanol–water partition coefficient (Wildman–Crippen LogP) is 3.23. The molecule has 1 aromatic rings. The van der Waals surface area contributed by atoms with Crippen LogP contribution < -0.4 is 68.9 Å². The fourth-order valence-corrected chi connectivity index (χ4v) is 4.74. The van der Waals surface area contributed by atoms with Gasteiger partial charge >= 0.3 is 75.0 Å². The fraction of sp³-hybridized carbons (Fsp3) is 0.714. The quantitative estimate of drug-likeness (QED) is 0.376. The Bertz CT molecular complexity index is 666. The van der Waals surface area contributed by atoms with Gasteiger partial charge in [-0.05, 0) is 83.6 Å². The van der Waals surface area contributed by atoms with Crippen molar-refractivity contribution in [2.75, 3.05) is 13.1 Å². The zero-order valence-corrected chi connectivity index (χ0v) is 29.1. The van der Waals surface area contributed by atoms with Crippen molar-refractivity contribution in [3.63, 3.8) is 0 Å². The number of amides is 1. The maximum atomic E-state index is 12.7. The van der Waals surface area contributed by atoms with Gasteiger partial charge < -0.3 is 27.3 Å². The molecule has 34 heavy (non-hydrogen) atoms. The number of hydrogen-bond donors (Lipinski definition) is 2. The molecule has 2 N–H and O–H groups in total. The largest absolute Gasteiger partial charge is 1.00 e. The molecule has 2 fully saturated rings. The van der Waals surface area contributed by atoms with Crippen LogP contribution in [0.3, 0.4) is 0 Å². The van der Waals surface area contributed by atoms with Crippen molar-refractivity contribution < 1.29 is 88.6 Å². The molecule has 0 bridgehead atoms. The van der Waals surface area contributed by atoms with Gasteiger partial charge in [0.15, 0.2) is 5.79 Å². The third kappa shape index (κ3) is 15.5. The average Bonchev–Trinajstić information content (AvgIpc) is 3.14. The number of nitrogens with zero attached hydrogens (tertiary/aromatic N) is 1. The molecule has 1 aromatic carbocycles. The molecule has 0 aromatic heterocycles. The second-order valence-electron chi connectivity index (χ2n) is 11.2. The summed E-state index contributed by atoms with van der Waals surface area (Å²) in [6, 6.07) is 10.4. The summed E-state index contributed by atoms with van der Waals surface area (Å²) in [4.78, 5) is 14.7. The number of carbonyl (C=O) groups is 1. The van der Waals surface area contributed by atoms with Crippen LogP contribution in [0, 0.1) is 25.2 Å². The van der Waals surface area contributed by atoms with E-state index in [2.05, 4.69) is 24.3 Å². The Morgan fingerprint density at radius 3 is 2.00 bits per heavy atom. The summed E-state index contributed by atoms with van der Waals surface area (Å²) >= 11 is 0. The molecule has 5 nitrogen and oxygen atoms in total. The molecule has 2 saturated carbocycles. The Morgan fingerprint density at radius 2 is 1.50 bits per heavy atom. The summed E-state index contributed by atoms with van der Waals surface area (Å²) in [5.41, 5.74) is 0.839. The van der Waals surface area contributed by atoms with Crippen molar-refractivity contribution in [3.8, 4) is 0 Å². The normalized spacial score (nSPS) is 20.1. The standard InChI is InChI=1S/C24H37NO2.C3H8O2.CH3.Cs/c1-24(2,3)27-23(26)25(14-13-19-9-5-4-6-10-19)18-22-16-21(17-22)15-20-11-7-8-12-20;1-3(2,4)5;;/h4-6,9-10,20-22H,7-8,11-18H2,1-3H3;4-5H,1-2H3;1H3;/q;;-1;+1. The van der Waals surface area contributed by atoms with E-state index in [1.165, 1.54) is 64.4 Å². The van der Waals surface area contributed by atoms with Crippen LogP contribution in [0.4, 0.5) is 4.79 Å². The van der Waals surface area contributed by atoms with Gasteiger partial charge in [-0.15, -0.1) is 0 Å². The van der Waals surface area contributed by atoms with Gasteiger partial charge in [-0.25, -0.2) is 4.79 Å². The summed E-state index contributed by atoms with van der Waals surface area (Å²) in [5.74, 6) is 1.03. The number of ether oxygens (including phenoxy) is 1. The van der Waals surface area contributed by atoms with E-state index in [1.54, 1.807) is 0 Å². The van der Waals surface area contributed by atoms with Crippen LogP contribution in [0.25, 0.3) is 0 Å². The summed E-state index contributed by atoms with van der Waals surface area (Å²) in [6.07, 6.45) is 10.5. The van der Waals surface area contributed by atoms with Crippen molar-refractivity contribution in [2.45, 2.75) is 97.4 Å². The topological polar surface area (TPSA) is 70.0 Å². The molecule has 2 aliphatic carbocycles. The summed E-state index contributed by atoms with van der Waals surface area (Å²) < 4.78 is 5.68. The molecular weight excluding hydrogens is 547 g/mol. The average molecular weight is 596 g/mol. The van der Waals surface area contributed by atoms with Crippen LogP contribution in [0.1, 0.15) is 85.1 Å². The first-order chi connectivity index (χ1) is 14.9. The number of carbonyl (C=O) groups excluding carboxylic acids is 1. The Hall–Kier alpha value is 0.462. The molecule has 0 aliphatic heterocycles. The van der Waals surface area contributed by atoms with E-state index in [0.717, 1.165) is 31.3 Å². The molecule has 2 aliphatic rings. The molecule has 1 amide bonds. The van der Waals surface area contributed by atoms with Gasteiger partial charge in [0.1, 0.15) is 5.60 Å². The van der Waals surface area contributed by atoms with Gasteiger partial charge in [0, 0.05) is 13.1 Å². The molecule has 6 heteroatoms. The minimum absolute atomic E-state index is 0. The van der Waals surface area contributed by atoms with Crippen LogP contribution in [0.2, 0.25) is 0 Å². The molecular formula is C28H48CsNO4. The molecule has 0 atom stereocenters. The van der Waals surface area contributed by atoms with Gasteiger partial charge in [-0.1, -0.05) is 56.0 Å². The van der Waals surface area contributed by atoms with Crippen molar-refractivity contribution in [1.29, 1.82) is 0 Å². The molecule has 0 spiro atoms. The number of aliphatic hydroxyl groups is 2. The van der Waals surface area contributed by atoms with E-state index < -0.39 is 11.4 Å². The zero-order chi connectivity index (χ0) is 23.8. The number of benzene rings is 1. The van der Waals surface area contributed by atoms with Crippen LogP contribution in [0.15, 0.2) is 30.3 Å². The summed E-state index contributed by atoms with van der Waals surface area (Å²) in [7, 11) is 0. The minimum atomic E-state index is -1.50. The smallest absolute Gasteiger partial charge is 0.444 e. The Balaban J connectivity index is 0.00000141. The monoisotopic (exact) mass is 595 g/mol. The Morgan fingerprint density at radius 1 is 0.971 bits per heavy atom. The number of rotatable bonds is 7. The summed E-state index contributed by atoms with van der Waals surface area (Å²) in [6.45, 7) is 10.0. The Labute approximate surface area is 267 Å². The van der Waals surface area contributed by atoms with Gasteiger partial charge in [0.2, 0.25) is 0 Å². The van der Waals surface area contributed by atoms with Gasteiger partial charge in [-0.3, -0.25) is 0 Å². The second-order valence-corrected chi connectivity index (χ2v) is 11.2. The predicted molar refractivity (Wildman–Crippen MR) is 136 cm³/mol. The zero-order valence-electron chi connectivity index (χ0n) is 22.8. The third-order valence-electron chi connectivity index (χ3n) is 6.12. The molecule has 3 rings (SSSR count). The van der Waals surface area contributed by atoms with Crippen molar-refractivity contribution in [1.82, 2.24) is 4.90 Å². The minimum Gasteiger partial charge on any atom is -0.444 e. The fourth-order valence-electron chi connectivity index (χ4n) is 4.74. The summed E-state index contributed by atoms with van der Waals surface area (Å²) in [5, 5.41) is 16.2. The van der Waals surface area contributed by atoms with E-state index in [9.17, 15) is 4.79 Å². The van der Waals surface area contributed by atoms with E-state index in [4.69, 9.17) is 14.9 Å². The maximum absolute atomic E-state index is 12.7. The van der Waals surface area contributed by atoms with E-state index in [0.29, 0.717) is 5.92 Å². The molecule has 0 radical (unpaired) electrons. The van der Waals surface area contributed by atoms with Gasteiger partial charge in [0.05, 0.1) is 0 Å². The van der Waals surface area contributed by atoms with Gasteiger partial charge in [0.25, 0.3) is 0 Å². The molecule has 0 unspecified atom stereocenters. The van der Waals surface area contributed by atoms with E-state index >= 15 is 0 Å². The molecule has 190 valence electrons. The van der Waals surface area contributed by atoms with Gasteiger partial charge in [-0.2, -0.15) is 0 Å². The van der Waals surface area contributed by atoms with Crippen LogP contribution in [0.5, 0.6) is 0 Å². The SMILES string of the molecule is CC(C)(C)OC(=O)N(CCc1ccccc1)CC1CC(CC2CCCC2)C1.CC(C)(O)O.[CH3-].[Cs+]. The second kappa shape index (κ2) is 16.3. The first-order valence-electron chi connectivity index (χ1n) is 12.4. The first kappa shape index (κ1) is 34.5. The van der Waals surface area contributed by atoms with Crippen LogP contribution in [-0.4, -0.2) is 45.7 Å². The maximum Gasteiger partial charge on any atom is 1.00 e. The third-order valence-corrected chi connectivity index (χ3v) is 6.12. The van der Waals surface area contributed by atoms with Crippen LogP contribution in [-0.2, 0) is 11.2 Å². The number of hydrogen-bond acceptors (Lipinski definition) is 4. The van der Waals surface area contributed by atoms with Crippen LogP contribution >= 0.6 is 0 Å². The Kier molecular flexibility index (Phi) is 16.6. The van der Waals surface area contributed by atoms with E-state index in [1.807, 2.05) is 31.7 Å². The van der Waals surface area contributed by atoms with Crippen molar-refractivity contribution in [3.05, 3.63) is 43.3 Å². The van der Waals surface area contributed by atoms with Crippen molar-refractivity contribution >= 4 is 6.09 Å². The van der Waals surface area contributed by atoms with Crippen molar-refractivity contribution in [2.24, 2.45) is 17.8 Å².